The number of anilines is 1. The van der Waals surface area contributed by atoms with Crippen molar-refractivity contribution >= 4 is 34.8 Å². The van der Waals surface area contributed by atoms with Crippen molar-refractivity contribution in [2.75, 3.05) is 12.4 Å². The lowest BCUT2D eigenvalue weighted by Crippen LogP contribution is -2.15. The molecule has 1 heterocycles. The summed E-state index contributed by atoms with van der Waals surface area (Å²) in [5.74, 6) is 0.739. The fourth-order valence-electron chi connectivity index (χ4n) is 2.73. The van der Waals surface area contributed by atoms with Gasteiger partial charge in [0.2, 0.25) is 0 Å². The van der Waals surface area contributed by atoms with Gasteiger partial charge in [0, 0.05) is 5.56 Å². The molecule has 0 saturated heterocycles. The summed E-state index contributed by atoms with van der Waals surface area (Å²) in [6.45, 7) is 0. The molecule has 1 aliphatic rings. The van der Waals surface area contributed by atoms with Crippen LogP contribution in [-0.4, -0.2) is 29.1 Å². The van der Waals surface area contributed by atoms with E-state index in [-0.39, 0.29) is 22.1 Å². The number of rotatable bonds is 5. The zero-order valence-corrected chi connectivity index (χ0v) is 15.1. The van der Waals surface area contributed by atoms with E-state index in [1.54, 1.807) is 25.3 Å². The second-order valence-electron chi connectivity index (χ2n) is 5.67. The molecule has 1 aromatic carbocycles. The van der Waals surface area contributed by atoms with Crippen LogP contribution in [-0.2, 0) is 0 Å². The summed E-state index contributed by atoms with van der Waals surface area (Å²) in [6, 6.07) is 4.99. The zero-order chi connectivity index (χ0) is 17.8. The molecule has 0 atom stereocenters. The summed E-state index contributed by atoms with van der Waals surface area (Å²) in [5, 5.41) is 2.78. The minimum absolute atomic E-state index is 0.0734. The van der Waals surface area contributed by atoms with Crippen LogP contribution >= 0.6 is 23.2 Å². The van der Waals surface area contributed by atoms with Gasteiger partial charge in [0.25, 0.3) is 5.91 Å². The molecule has 0 spiro atoms. The molecule has 1 aromatic heterocycles. The van der Waals surface area contributed by atoms with E-state index >= 15 is 0 Å². The van der Waals surface area contributed by atoms with Crippen LogP contribution in [0.2, 0.25) is 10.3 Å². The number of amides is 1. The molecule has 3 rings (SSSR count). The average molecular weight is 382 g/mol. The Bertz CT molecular complexity index is 759. The summed E-state index contributed by atoms with van der Waals surface area (Å²) in [5.41, 5.74) is 0.565. The molecule has 25 heavy (non-hydrogen) atoms. The highest BCUT2D eigenvalue weighted by Crippen LogP contribution is 2.33. The SMILES string of the molecule is COc1ccc(C(=O)Nc2c(Cl)ncnc2Cl)cc1OC1CCCC1. The Hall–Kier alpha value is -2.05. The van der Waals surface area contributed by atoms with Crippen molar-refractivity contribution in [3.63, 3.8) is 0 Å². The summed E-state index contributed by atoms with van der Waals surface area (Å²) in [4.78, 5) is 20.1. The lowest BCUT2D eigenvalue weighted by Gasteiger charge is -2.17. The fraction of sp³-hybridized carbons (Fsp3) is 0.353. The van der Waals surface area contributed by atoms with Gasteiger partial charge in [-0.05, 0) is 43.9 Å². The summed E-state index contributed by atoms with van der Waals surface area (Å²) >= 11 is 11.9. The fourth-order valence-corrected chi connectivity index (χ4v) is 3.14. The van der Waals surface area contributed by atoms with Gasteiger partial charge in [-0.15, -0.1) is 0 Å². The van der Waals surface area contributed by atoms with E-state index in [1.807, 2.05) is 0 Å². The van der Waals surface area contributed by atoms with Crippen molar-refractivity contribution in [2.24, 2.45) is 0 Å². The first-order chi connectivity index (χ1) is 12.1. The maximum Gasteiger partial charge on any atom is 0.255 e. The molecule has 0 aliphatic heterocycles. The molecule has 0 unspecified atom stereocenters. The molecule has 2 aromatic rings. The number of ether oxygens (including phenoxy) is 2. The Morgan fingerprint density at radius 3 is 2.48 bits per heavy atom. The smallest absolute Gasteiger partial charge is 0.255 e. The number of nitrogens with one attached hydrogen (secondary N) is 1. The van der Waals surface area contributed by atoms with E-state index in [2.05, 4.69) is 15.3 Å². The number of nitrogens with zero attached hydrogens (tertiary/aromatic N) is 2. The number of hydrogen-bond donors (Lipinski definition) is 1. The van der Waals surface area contributed by atoms with E-state index in [0.717, 1.165) is 25.7 Å². The number of methoxy groups -OCH3 is 1. The Labute approximate surface area is 155 Å². The van der Waals surface area contributed by atoms with E-state index in [9.17, 15) is 4.79 Å². The van der Waals surface area contributed by atoms with Crippen molar-refractivity contribution in [1.82, 2.24) is 9.97 Å². The molecule has 0 bridgehead atoms. The van der Waals surface area contributed by atoms with Crippen LogP contribution in [0.25, 0.3) is 0 Å². The Balaban J connectivity index is 1.82. The van der Waals surface area contributed by atoms with E-state index in [4.69, 9.17) is 32.7 Å². The van der Waals surface area contributed by atoms with Gasteiger partial charge in [0.1, 0.15) is 12.0 Å². The molecule has 1 aliphatic carbocycles. The van der Waals surface area contributed by atoms with Crippen LogP contribution in [0.3, 0.4) is 0 Å². The van der Waals surface area contributed by atoms with Crippen molar-refractivity contribution in [3.05, 3.63) is 40.4 Å². The zero-order valence-electron chi connectivity index (χ0n) is 13.6. The molecule has 1 amide bonds. The van der Waals surface area contributed by atoms with Gasteiger partial charge in [0.05, 0.1) is 13.2 Å². The van der Waals surface area contributed by atoms with Crippen LogP contribution in [0.5, 0.6) is 11.5 Å². The highest BCUT2D eigenvalue weighted by Gasteiger charge is 2.20. The maximum absolute atomic E-state index is 12.5. The van der Waals surface area contributed by atoms with Gasteiger partial charge in [-0.1, -0.05) is 23.2 Å². The van der Waals surface area contributed by atoms with Crippen LogP contribution in [0.15, 0.2) is 24.5 Å². The lowest BCUT2D eigenvalue weighted by molar-refractivity contribution is 0.102. The van der Waals surface area contributed by atoms with Gasteiger partial charge in [-0.2, -0.15) is 0 Å². The standard InChI is InChI=1S/C17H17Cl2N3O3/c1-24-12-7-6-10(8-13(12)25-11-4-2-3-5-11)17(23)22-14-15(18)20-9-21-16(14)19/h6-9,11H,2-5H2,1H3,(H,22,23). The molecule has 6 nitrogen and oxygen atoms in total. The molecule has 1 fully saturated rings. The number of benzene rings is 1. The number of carbonyl (C=O) groups excluding carboxylic acids is 1. The highest BCUT2D eigenvalue weighted by molar-refractivity contribution is 6.38. The Morgan fingerprint density at radius 2 is 1.84 bits per heavy atom. The van der Waals surface area contributed by atoms with Crippen LogP contribution < -0.4 is 14.8 Å². The molecule has 1 saturated carbocycles. The van der Waals surface area contributed by atoms with Gasteiger partial charge in [-0.25, -0.2) is 9.97 Å². The van der Waals surface area contributed by atoms with Crippen molar-refractivity contribution in [1.29, 1.82) is 0 Å². The third kappa shape index (κ3) is 4.14. The largest absolute Gasteiger partial charge is 0.493 e. The minimum Gasteiger partial charge on any atom is -0.493 e. The van der Waals surface area contributed by atoms with Gasteiger partial charge in [-0.3, -0.25) is 4.79 Å². The van der Waals surface area contributed by atoms with E-state index in [0.29, 0.717) is 17.1 Å². The quantitative estimate of drug-likeness (QED) is 0.778. The predicted octanol–water partition coefficient (Wildman–Crippen LogP) is 4.37. The summed E-state index contributed by atoms with van der Waals surface area (Å²) in [6.07, 6.45) is 5.69. The first-order valence-corrected chi connectivity index (χ1v) is 8.66. The van der Waals surface area contributed by atoms with Crippen LogP contribution in [0.1, 0.15) is 36.0 Å². The van der Waals surface area contributed by atoms with Gasteiger partial charge < -0.3 is 14.8 Å². The highest BCUT2D eigenvalue weighted by atomic mass is 35.5. The molecule has 1 N–H and O–H groups in total. The third-order valence-electron chi connectivity index (χ3n) is 4.01. The first kappa shape index (κ1) is 17.8. The summed E-state index contributed by atoms with van der Waals surface area (Å²) in [7, 11) is 1.57. The molecule has 0 radical (unpaired) electrons. The monoisotopic (exact) mass is 381 g/mol. The summed E-state index contributed by atoms with van der Waals surface area (Å²) < 4.78 is 11.3. The second-order valence-corrected chi connectivity index (χ2v) is 6.39. The molecular formula is C17H17Cl2N3O3. The lowest BCUT2D eigenvalue weighted by atomic mass is 10.1. The predicted molar refractivity (Wildman–Crippen MR) is 95.9 cm³/mol. The third-order valence-corrected chi connectivity index (χ3v) is 4.59. The number of halogens is 2. The number of hydrogen-bond acceptors (Lipinski definition) is 5. The van der Waals surface area contributed by atoms with Gasteiger partial charge >= 0.3 is 0 Å². The molecule has 8 heteroatoms. The number of aromatic nitrogens is 2. The number of carbonyl (C=O) groups is 1. The minimum atomic E-state index is -0.391. The Kier molecular flexibility index (Phi) is 5.60. The van der Waals surface area contributed by atoms with Gasteiger partial charge in [0.15, 0.2) is 21.8 Å². The normalized spacial score (nSPS) is 14.4. The average Bonchev–Trinajstić information content (AvgIpc) is 3.11. The topological polar surface area (TPSA) is 73.3 Å². The van der Waals surface area contributed by atoms with E-state index in [1.165, 1.54) is 6.33 Å². The van der Waals surface area contributed by atoms with Crippen LogP contribution in [0, 0.1) is 0 Å². The van der Waals surface area contributed by atoms with E-state index < -0.39 is 5.91 Å². The van der Waals surface area contributed by atoms with Crippen molar-refractivity contribution < 1.29 is 14.3 Å². The second kappa shape index (κ2) is 7.89. The van der Waals surface area contributed by atoms with Crippen molar-refractivity contribution in [3.8, 4) is 11.5 Å². The molecule has 132 valence electrons. The first-order valence-electron chi connectivity index (χ1n) is 7.90. The Morgan fingerprint density at radius 1 is 1.16 bits per heavy atom. The van der Waals surface area contributed by atoms with Crippen LogP contribution in [0.4, 0.5) is 5.69 Å². The molecular weight excluding hydrogens is 365 g/mol. The van der Waals surface area contributed by atoms with Crippen molar-refractivity contribution in [2.45, 2.75) is 31.8 Å². The maximum atomic E-state index is 12.5.